The van der Waals surface area contributed by atoms with Crippen molar-refractivity contribution in [2.45, 2.75) is 153 Å². The van der Waals surface area contributed by atoms with Crippen LogP contribution >= 0.6 is 0 Å². The van der Waals surface area contributed by atoms with Gasteiger partial charge in [-0.2, -0.15) is 0 Å². The summed E-state index contributed by atoms with van der Waals surface area (Å²) in [6.45, 7) is 9.48. The quantitative estimate of drug-likeness (QED) is 0.0139. The fourth-order valence-electron chi connectivity index (χ4n) is 12.0. The molecule has 4 aliphatic rings. The first-order valence-electron chi connectivity index (χ1n) is 32.1. The molecule has 2 heterocycles. The molecular weight excluding hydrogens is 1230 g/mol. The van der Waals surface area contributed by atoms with E-state index in [1.54, 1.807) is 55.5 Å². The van der Waals surface area contributed by atoms with Crippen LogP contribution in [0.3, 0.4) is 0 Å². The van der Waals surface area contributed by atoms with E-state index < -0.39 is 124 Å². The number of ether oxygens (including phenoxy) is 4. The summed E-state index contributed by atoms with van der Waals surface area (Å²) in [5, 5.41) is 22.3. The Kier molecular flexibility index (Phi) is 24.8. The number of benzene rings is 4. The molecule has 25 heteroatoms. The maximum Gasteiger partial charge on any atom is 0.408 e. The van der Waals surface area contributed by atoms with Crippen molar-refractivity contribution in [3.63, 3.8) is 0 Å². The minimum Gasteiger partial charge on any atom is -0.463 e. The van der Waals surface area contributed by atoms with Crippen molar-refractivity contribution in [1.82, 2.24) is 42.5 Å². The zero-order valence-electron chi connectivity index (χ0n) is 53.8. The third-order valence-corrected chi connectivity index (χ3v) is 17.1. The number of rotatable bonds is 32. The van der Waals surface area contributed by atoms with E-state index in [0.29, 0.717) is 48.2 Å². The summed E-state index contributed by atoms with van der Waals surface area (Å²) in [5.41, 5.74) is -0.665. The third kappa shape index (κ3) is 20.2. The van der Waals surface area contributed by atoms with Crippen molar-refractivity contribution < 1.29 is 80.1 Å². The average Bonchev–Trinajstić information content (AvgIpc) is 1.58. The summed E-state index contributed by atoms with van der Waals surface area (Å²) in [6, 6.07) is 20.4. The molecule has 0 aromatic heterocycles. The van der Waals surface area contributed by atoms with Crippen LogP contribution in [0.15, 0.2) is 121 Å². The molecule has 95 heavy (non-hydrogen) atoms. The lowest BCUT2D eigenvalue weighted by atomic mass is 9.96. The molecule has 8 rings (SSSR count). The first-order valence-corrected chi connectivity index (χ1v) is 32.1. The number of esters is 2. The maximum absolute atomic E-state index is 14.7. The molecule has 0 spiro atoms. The number of halogens is 3. The van der Waals surface area contributed by atoms with Gasteiger partial charge in [0.05, 0.1) is 13.2 Å². The van der Waals surface area contributed by atoms with Crippen LogP contribution in [0, 0.1) is 41.1 Å². The fourth-order valence-corrected chi connectivity index (χ4v) is 12.0. The molecule has 0 radical (unpaired) electrons. The largest absolute Gasteiger partial charge is 0.463 e. The lowest BCUT2D eigenvalue weighted by molar-refractivity contribution is -0.138. The van der Waals surface area contributed by atoms with Gasteiger partial charge in [0.1, 0.15) is 42.2 Å². The van der Waals surface area contributed by atoms with Gasteiger partial charge in [-0.25, -0.2) is 32.3 Å². The predicted molar refractivity (Wildman–Crippen MR) is 340 cm³/mol. The molecule has 8 N–H and O–H groups in total. The number of alkyl carbamates (subject to hydrolysis) is 2. The van der Waals surface area contributed by atoms with Crippen LogP contribution in [-0.4, -0.2) is 121 Å². The van der Waals surface area contributed by atoms with E-state index >= 15 is 0 Å². The molecule has 4 unspecified atom stereocenters. The van der Waals surface area contributed by atoms with Crippen molar-refractivity contribution in [3.8, 4) is 0 Å². The Morgan fingerprint density at radius 1 is 0.558 bits per heavy atom. The van der Waals surface area contributed by atoms with E-state index in [4.69, 9.17) is 18.9 Å². The van der Waals surface area contributed by atoms with Crippen LogP contribution in [0.1, 0.15) is 126 Å². The fraction of sp³-hybridized carbons (Fsp3) is 0.457. The molecule has 22 nitrogen and oxygen atoms in total. The minimum absolute atomic E-state index is 0.0761. The Balaban J connectivity index is 0.881. The molecule has 2 aliphatic heterocycles. The Labute approximate surface area is 549 Å². The molecule has 0 bridgehead atoms. The van der Waals surface area contributed by atoms with Gasteiger partial charge in [0.2, 0.25) is 35.4 Å². The van der Waals surface area contributed by atoms with Gasteiger partial charge in [0, 0.05) is 67.4 Å². The van der Waals surface area contributed by atoms with Crippen molar-refractivity contribution in [3.05, 3.63) is 167 Å². The smallest absolute Gasteiger partial charge is 0.408 e. The molecule has 2 aliphatic carbocycles. The van der Waals surface area contributed by atoms with Crippen molar-refractivity contribution in [2.75, 3.05) is 26.3 Å². The summed E-state index contributed by atoms with van der Waals surface area (Å²) in [4.78, 5) is 135. The first kappa shape index (κ1) is 71.3. The van der Waals surface area contributed by atoms with Crippen molar-refractivity contribution >= 4 is 59.6 Å². The number of hydrogen-bond acceptors (Lipinski definition) is 14. The van der Waals surface area contributed by atoms with Gasteiger partial charge in [-0.05, 0) is 122 Å². The predicted octanol–water partition coefficient (Wildman–Crippen LogP) is 6.95. The van der Waals surface area contributed by atoms with Gasteiger partial charge in [-0.1, -0.05) is 113 Å². The molecule has 4 fully saturated rings. The lowest BCUT2D eigenvalue weighted by Gasteiger charge is -2.27. The highest BCUT2D eigenvalue weighted by Crippen LogP contribution is 2.53. The number of nitrogens with one attached hydrogen (secondary N) is 8. The topological polar surface area (TPSA) is 304 Å². The number of amides is 8. The summed E-state index contributed by atoms with van der Waals surface area (Å²) >= 11 is 0. The second-order valence-electron chi connectivity index (χ2n) is 25.3. The Morgan fingerprint density at radius 3 is 1.54 bits per heavy atom. The SMILES string of the molecule is CCOC(=O)/C=C/[C@H](C[C@@H]1CCNC1=O)NC(=O)[C@H](CC(C)C)NC(=O)C1(NC(=O)OCc2cccc(CCOC(=O)/C=C/[C@H](C[C@@H]3CCNC3=O)NC(=O)[C@H](CC(C)C)NC(=O)C3(NC(=O)OCc4ccccc4)CC3c3ccc(F)cc3)c2)CC1c1ccc(F)c(F)c1. The highest BCUT2D eigenvalue weighted by atomic mass is 19.2. The van der Waals surface area contributed by atoms with Gasteiger partial charge in [-0.15, -0.1) is 0 Å². The standard InChI is InChI=1S/C70H83F3N8O14/c1-6-92-59(82)23-20-51(34-48-25-28-74-61(48)84)76-64(87)58(32-42(4)5)79-66(89)70(38-54(70)47-17-22-55(72)56(73)36-47)81-68(91)95-40-45-14-10-13-43(33-45)27-30-93-60(83)24-21-52(35-49-26-29-75-62(49)85)77-63(86)57(31-41(2)3)78-65(88)69(37-53(69)46-15-18-50(71)19-16-46)80-67(90)94-39-44-11-8-7-9-12-44/h7-24,33,36,41-42,48-49,51-54,57-58H,6,25-32,34-35,37-40H2,1-5H3,(H,74,84)(H,75,85)(H,76,87)(H,77,86)(H,78,88)(H,79,89)(H,80,90)(H,81,91)/b23-20+,24-21+/t48-,49-,51+,52+,53?,54?,57-,58-,69?,70?/m0/s1. The summed E-state index contributed by atoms with van der Waals surface area (Å²) < 4.78 is 64.5. The number of carbonyl (C=O) groups excluding carboxylic acids is 10. The van der Waals surface area contributed by atoms with E-state index in [1.165, 1.54) is 42.5 Å². The maximum atomic E-state index is 14.7. The molecule has 2 saturated heterocycles. The highest BCUT2D eigenvalue weighted by molar-refractivity contribution is 5.99. The van der Waals surface area contributed by atoms with E-state index in [2.05, 4.69) is 42.5 Å². The zero-order chi connectivity index (χ0) is 68.4. The lowest BCUT2D eigenvalue weighted by Crippen LogP contribution is -2.57. The molecule has 10 atom stereocenters. The van der Waals surface area contributed by atoms with E-state index in [1.807, 2.05) is 33.8 Å². The summed E-state index contributed by atoms with van der Waals surface area (Å²) in [5.74, 6) is -10.1. The first-order chi connectivity index (χ1) is 45.4. The summed E-state index contributed by atoms with van der Waals surface area (Å²) in [7, 11) is 0. The molecular formula is C70H83F3N8O14. The number of carbonyl (C=O) groups is 10. The second kappa shape index (κ2) is 33.0. The van der Waals surface area contributed by atoms with Crippen LogP contribution in [-0.2, 0) is 76.9 Å². The Bertz CT molecular complexity index is 3500. The Hall–Kier alpha value is -9.55. The van der Waals surface area contributed by atoms with Gasteiger partial charge in [0.15, 0.2) is 11.6 Å². The third-order valence-electron chi connectivity index (χ3n) is 17.1. The zero-order valence-corrected chi connectivity index (χ0v) is 53.8. The van der Waals surface area contributed by atoms with Gasteiger partial charge >= 0.3 is 24.1 Å². The van der Waals surface area contributed by atoms with Crippen molar-refractivity contribution in [1.29, 1.82) is 0 Å². The van der Waals surface area contributed by atoms with E-state index in [-0.39, 0.29) is 101 Å². The summed E-state index contributed by atoms with van der Waals surface area (Å²) in [6.07, 6.45) is 4.97. The van der Waals surface area contributed by atoms with Gasteiger partial charge in [-0.3, -0.25) is 28.8 Å². The van der Waals surface area contributed by atoms with Crippen LogP contribution < -0.4 is 42.5 Å². The van der Waals surface area contributed by atoms with Crippen LogP contribution in [0.4, 0.5) is 22.8 Å². The van der Waals surface area contributed by atoms with Gasteiger partial charge < -0.3 is 61.5 Å². The molecule has 8 amide bonds. The Morgan fingerprint density at radius 2 is 1.04 bits per heavy atom. The highest BCUT2D eigenvalue weighted by Gasteiger charge is 2.64. The van der Waals surface area contributed by atoms with Gasteiger partial charge in [0.25, 0.3) is 0 Å². The van der Waals surface area contributed by atoms with Crippen LogP contribution in [0.5, 0.6) is 0 Å². The minimum atomic E-state index is -1.79. The van der Waals surface area contributed by atoms with E-state index in [0.717, 1.165) is 24.3 Å². The average molecular weight is 1320 g/mol. The monoisotopic (exact) mass is 1320 g/mol. The molecule has 4 aromatic rings. The second-order valence-corrected chi connectivity index (χ2v) is 25.3. The van der Waals surface area contributed by atoms with Crippen molar-refractivity contribution in [2.24, 2.45) is 23.7 Å². The molecule has 2 saturated carbocycles. The number of hydrogen-bond donors (Lipinski definition) is 8. The van der Waals surface area contributed by atoms with E-state index in [9.17, 15) is 61.1 Å². The normalized spacial score (nSPS) is 21.5. The molecule has 508 valence electrons. The molecule has 4 aromatic carbocycles. The van der Waals surface area contributed by atoms with Crippen LogP contribution in [0.2, 0.25) is 0 Å². The van der Waals surface area contributed by atoms with Crippen LogP contribution in [0.25, 0.3) is 0 Å².